The van der Waals surface area contributed by atoms with Crippen molar-refractivity contribution in [3.63, 3.8) is 0 Å². The van der Waals surface area contributed by atoms with E-state index in [4.69, 9.17) is 33.0 Å². The second kappa shape index (κ2) is 7.01. The summed E-state index contributed by atoms with van der Waals surface area (Å²) in [6.07, 6.45) is 1.24. The van der Waals surface area contributed by atoms with Crippen LogP contribution >= 0.6 is 23.2 Å². The van der Waals surface area contributed by atoms with Gasteiger partial charge < -0.3 is 9.84 Å². The van der Waals surface area contributed by atoms with Gasteiger partial charge in [0.05, 0.1) is 5.02 Å². The quantitative estimate of drug-likeness (QED) is 0.881. The van der Waals surface area contributed by atoms with Gasteiger partial charge in [0.1, 0.15) is 17.1 Å². The Bertz CT molecular complexity index is 650. The normalized spacial score (nSPS) is 9.75. The molecule has 2 aromatic rings. The molecule has 7 heteroatoms. The van der Waals surface area contributed by atoms with Gasteiger partial charge in [-0.3, -0.25) is 4.98 Å². The molecule has 20 heavy (non-hydrogen) atoms. The van der Waals surface area contributed by atoms with E-state index in [1.165, 1.54) is 18.3 Å². The van der Waals surface area contributed by atoms with Crippen molar-refractivity contribution in [1.29, 1.82) is 0 Å². The molecular weight excluding hydrogens is 296 g/mol. The number of aromatic nitrogens is 1. The van der Waals surface area contributed by atoms with Gasteiger partial charge in [-0.2, -0.15) is 0 Å². The molecule has 0 amide bonds. The van der Waals surface area contributed by atoms with Crippen LogP contribution in [0.25, 0.3) is 0 Å². The number of carboxylic acid groups (broad SMARTS) is 1. The van der Waals surface area contributed by atoms with Crippen molar-refractivity contribution in [1.82, 2.24) is 4.98 Å². The van der Waals surface area contributed by atoms with E-state index in [2.05, 4.69) is 4.98 Å². The van der Waals surface area contributed by atoms with Crippen LogP contribution in [0.5, 0.6) is 11.5 Å². The summed E-state index contributed by atoms with van der Waals surface area (Å²) in [6.45, 7) is 1.73. The number of nitrogens with zero attached hydrogens (tertiary/aromatic N) is 1. The first-order valence-electron chi connectivity index (χ1n) is 5.30. The van der Waals surface area contributed by atoms with Crippen LogP contribution in [0.2, 0.25) is 10.0 Å². The topological polar surface area (TPSA) is 59.4 Å². The summed E-state index contributed by atoms with van der Waals surface area (Å²) in [4.78, 5) is 15.0. The first-order valence-corrected chi connectivity index (χ1v) is 6.06. The molecule has 1 heterocycles. The Morgan fingerprint density at radius 2 is 1.95 bits per heavy atom. The molecule has 0 saturated carbocycles. The number of pyridine rings is 1. The summed E-state index contributed by atoms with van der Waals surface area (Å²) in [5, 5.41) is 9.87. The van der Waals surface area contributed by atoms with Gasteiger partial charge in [-0.25, -0.2) is 4.79 Å². The Labute approximate surface area is 137 Å². The van der Waals surface area contributed by atoms with Crippen molar-refractivity contribution in [3.8, 4) is 11.5 Å². The van der Waals surface area contributed by atoms with Crippen molar-refractivity contribution < 1.29 is 14.6 Å². The molecule has 0 aliphatic rings. The molecule has 0 fully saturated rings. The molecule has 1 N–H and O–H groups in total. The zero-order chi connectivity index (χ0) is 14.0. The van der Waals surface area contributed by atoms with Crippen LogP contribution in [0, 0.1) is 6.92 Å². The number of aromatic carboxylic acids is 1. The summed E-state index contributed by atoms with van der Waals surface area (Å²) in [5.41, 5.74) is 0.597. The van der Waals surface area contributed by atoms with Gasteiger partial charge in [0, 0.05) is 29.0 Å². The van der Waals surface area contributed by atoms with Crippen molar-refractivity contribution in [2.45, 2.75) is 6.92 Å². The third-order valence-electron chi connectivity index (χ3n) is 2.35. The van der Waals surface area contributed by atoms with Gasteiger partial charge >= 0.3 is 24.8 Å². The molecule has 0 atom stereocenters. The monoisotopic (exact) mass is 305 g/mol. The fraction of sp³-hybridized carbons (Fsp3) is 0.0769. The third kappa shape index (κ3) is 3.91. The van der Waals surface area contributed by atoms with E-state index in [-0.39, 0.29) is 30.2 Å². The van der Waals surface area contributed by atoms with Gasteiger partial charge in [-0.1, -0.05) is 23.2 Å². The fourth-order valence-corrected chi connectivity index (χ4v) is 1.77. The second-order valence-corrected chi connectivity index (χ2v) is 4.65. The molecule has 0 unspecified atom stereocenters. The average Bonchev–Trinajstić information content (AvgIpc) is 2.33. The van der Waals surface area contributed by atoms with Gasteiger partial charge in [0.25, 0.3) is 0 Å². The summed E-state index contributed by atoms with van der Waals surface area (Å²) < 4.78 is 5.53. The average molecular weight is 306 g/mol. The Balaban J connectivity index is 0.00000200. The molecular formula is C13H10Cl2LiNO3. The van der Waals surface area contributed by atoms with Crippen LogP contribution < -0.4 is 4.74 Å². The number of hydrogen-bond acceptors (Lipinski definition) is 3. The standard InChI is InChI=1S/C13H9Cl2NO3.Li.H/c1-7-4-11(9(6-16-7)13(17)18)19-12-5-8(14)2-3-10(12)15;;/h2-6H,1H3,(H,17,18);;. The van der Waals surface area contributed by atoms with Crippen LogP contribution in [0.15, 0.2) is 30.5 Å². The number of aryl methyl sites for hydroxylation is 1. The minimum atomic E-state index is -1.12. The number of carboxylic acids is 1. The zero-order valence-corrected chi connectivity index (χ0v) is 11.4. The number of benzene rings is 1. The predicted octanol–water partition coefficient (Wildman–Crippen LogP) is 3.54. The number of carbonyl (C=O) groups is 1. The Hall–Kier alpha value is -1.18. The number of hydrogen-bond donors (Lipinski definition) is 1. The number of ether oxygens (including phenoxy) is 1. The van der Waals surface area contributed by atoms with Gasteiger partial charge in [0.2, 0.25) is 0 Å². The first kappa shape index (κ1) is 16.9. The van der Waals surface area contributed by atoms with E-state index in [1.807, 2.05) is 0 Å². The summed E-state index contributed by atoms with van der Waals surface area (Å²) in [5.74, 6) is -0.660. The zero-order valence-electron chi connectivity index (χ0n) is 9.85. The maximum atomic E-state index is 11.1. The molecule has 0 bridgehead atoms. The van der Waals surface area contributed by atoms with Crippen LogP contribution in [0.3, 0.4) is 0 Å². The van der Waals surface area contributed by atoms with Crippen molar-refractivity contribution >= 4 is 48.0 Å². The molecule has 2 rings (SSSR count). The molecule has 0 aliphatic carbocycles. The third-order valence-corrected chi connectivity index (χ3v) is 2.89. The van der Waals surface area contributed by atoms with Crippen molar-refractivity contribution in [3.05, 3.63) is 51.8 Å². The van der Waals surface area contributed by atoms with E-state index in [0.29, 0.717) is 21.5 Å². The molecule has 4 nitrogen and oxygen atoms in total. The minimum absolute atomic E-state index is 0. The van der Waals surface area contributed by atoms with Crippen LogP contribution in [0.4, 0.5) is 0 Å². The number of halogens is 2. The molecule has 100 valence electrons. The summed E-state index contributed by atoms with van der Waals surface area (Å²) >= 11 is 11.8. The molecule has 0 aliphatic heterocycles. The first-order chi connectivity index (χ1) is 8.97. The Morgan fingerprint density at radius 1 is 1.25 bits per heavy atom. The van der Waals surface area contributed by atoms with E-state index < -0.39 is 5.97 Å². The fourth-order valence-electron chi connectivity index (χ4n) is 1.45. The van der Waals surface area contributed by atoms with Crippen LogP contribution in [-0.2, 0) is 0 Å². The molecule has 0 saturated heterocycles. The Morgan fingerprint density at radius 3 is 2.60 bits per heavy atom. The summed E-state index contributed by atoms with van der Waals surface area (Å²) in [7, 11) is 0. The summed E-state index contributed by atoms with van der Waals surface area (Å²) in [6, 6.07) is 6.24. The maximum absolute atomic E-state index is 11.1. The van der Waals surface area contributed by atoms with Crippen LogP contribution in [0.1, 0.15) is 16.1 Å². The van der Waals surface area contributed by atoms with Crippen molar-refractivity contribution in [2.75, 3.05) is 0 Å². The van der Waals surface area contributed by atoms with Crippen LogP contribution in [-0.4, -0.2) is 34.9 Å². The van der Waals surface area contributed by atoms with E-state index in [0.717, 1.165) is 0 Å². The van der Waals surface area contributed by atoms with Gasteiger partial charge in [0.15, 0.2) is 0 Å². The van der Waals surface area contributed by atoms with Gasteiger partial charge in [-0.05, 0) is 19.1 Å². The second-order valence-electron chi connectivity index (χ2n) is 3.80. The molecule has 0 radical (unpaired) electrons. The molecule has 1 aromatic carbocycles. The van der Waals surface area contributed by atoms with Gasteiger partial charge in [-0.15, -0.1) is 0 Å². The number of rotatable bonds is 3. The molecule has 1 aromatic heterocycles. The molecule has 0 spiro atoms. The predicted molar refractivity (Wildman–Crippen MR) is 79.6 cm³/mol. The van der Waals surface area contributed by atoms with Crippen molar-refractivity contribution in [2.24, 2.45) is 0 Å². The van der Waals surface area contributed by atoms with E-state index in [1.54, 1.807) is 19.1 Å². The van der Waals surface area contributed by atoms with E-state index in [9.17, 15) is 4.79 Å². The SMILES string of the molecule is Cc1cc(Oc2cc(Cl)ccc2Cl)c(C(=O)O)cn1.[LiH]. The van der Waals surface area contributed by atoms with E-state index >= 15 is 0 Å². The Kier molecular flexibility index (Phi) is 5.91.